The van der Waals surface area contributed by atoms with Gasteiger partial charge in [-0.1, -0.05) is 13.8 Å². The van der Waals surface area contributed by atoms with E-state index in [2.05, 4.69) is 18.7 Å². The first-order chi connectivity index (χ1) is 8.22. The molecule has 0 bridgehead atoms. The summed E-state index contributed by atoms with van der Waals surface area (Å²) in [7, 11) is -3.61. The van der Waals surface area contributed by atoms with Gasteiger partial charge in [-0.3, -0.25) is 0 Å². The Morgan fingerprint density at radius 1 is 1.22 bits per heavy atom. The topological polar surface area (TPSA) is 89.4 Å². The van der Waals surface area contributed by atoms with Gasteiger partial charge in [0, 0.05) is 18.8 Å². The van der Waals surface area contributed by atoms with Gasteiger partial charge in [0.15, 0.2) is 0 Å². The van der Waals surface area contributed by atoms with Crippen LogP contribution in [0.5, 0.6) is 0 Å². The normalized spacial score (nSPS) is 18.8. The van der Waals surface area contributed by atoms with Gasteiger partial charge in [0.05, 0.1) is 10.4 Å². The van der Waals surface area contributed by atoms with Gasteiger partial charge in [0.2, 0.25) is 10.0 Å². The highest BCUT2D eigenvalue weighted by molar-refractivity contribution is 7.89. The molecule has 1 heterocycles. The quantitative estimate of drug-likeness (QED) is 0.836. The van der Waals surface area contributed by atoms with Crippen LogP contribution in [0.15, 0.2) is 29.2 Å². The molecule has 4 N–H and O–H groups in total. The number of nitrogens with two attached hydrogens (primary N) is 2. The molecule has 0 aromatic heterocycles. The molecule has 1 aliphatic rings. The molecule has 0 radical (unpaired) electrons. The molecule has 0 saturated carbocycles. The minimum absolute atomic E-state index is 0.134. The summed E-state index contributed by atoms with van der Waals surface area (Å²) in [5.74, 6) is 0.428. The van der Waals surface area contributed by atoms with Crippen molar-refractivity contribution in [3.8, 4) is 0 Å². The second-order valence-electron chi connectivity index (χ2n) is 5.28. The summed E-state index contributed by atoms with van der Waals surface area (Å²) in [6, 6.07) is 6.58. The van der Waals surface area contributed by atoms with Crippen LogP contribution >= 0.6 is 0 Å². The number of nitrogens with zero attached hydrogens (tertiary/aromatic N) is 1. The number of hydrogen-bond donors (Lipinski definition) is 2. The third-order valence-electron chi connectivity index (χ3n) is 3.65. The zero-order valence-corrected chi connectivity index (χ0v) is 11.4. The molecule has 0 unspecified atom stereocenters. The summed E-state index contributed by atoms with van der Waals surface area (Å²) in [6.45, 7) is 5.81. The molecule has 0 atom stereocenters. The summed E-state index contributed by atoms with van der Waals surface area (Å²) in [5.41, 5.74) is 7.05. The second kappa shape index (κ2) is 4.22. The first-order valence-corrected chi connectivity index (χ1v) is 7.44. The van der Waals surface area contributed by atoms with Crippen LogP contribution in [0.25, 0.3) is 0 Å². The lowest BCUT2D eigenvalue weighted by Crippen LogP contribution is -2.70. The van der Waals surface area contributed by atoms with E-state index in [0.717, 1.165) is 18.8 Å². The number of sulfonamides is 1. The summed E-state index contributed by atoms with van der Waals surface area (Å²) in [5, 5.41) is 5.05. The lowest BCUT2D eigenvalue weighted by molar-refractivity contribution is 0.245. The van der Waals surface area contributed by atoms with Crippen LogP contribution < -0.4 is 15.8 Å². The van der Waals surface area contributed by atoms with Crippen LogP contribution in [0.4, 0.5) is 5.69 Å². The summed E-state index contributed by atoms with van der Waals surface area (Å²) >= 11 is 0. The molecule has 1 aromatic rings. The Bertz CT molecular complexity index is 531. The van der Waals surface area contributed by atoms with E-state index in [1.807, 2.05) is 0 Å². The number of primary sulfonamides is 1. The van der Waals surface area contributed by atoms with Crippen LogP contribution in [0.1, 0.15) is 13.8 Å². The van der Waals surface area contributed by atoms with Crippen molar-refractivity contribution in [1.82, 2.24) is 0 Å². The molecule has 100 valence electrons. The van der Waals surface area contributed by atoms with Gasteiger partial charge in [-0.05, 0) is 30.2 Å². The van der Waals surface area contributed by atoms with Crippen LogP contribution in [-0.2, 0) is 10.0 Å². The first kappa shape index (κ1) is 13.3. The molecule has 1 aliphatic heterocycles. The average Bonchev–Trinajstić information content (AvgIpc) is 2.23. The molecule has 0 aliphatic carbocycles. The maximum absolute atomic E-state index is 11.1. The van der Waals surface area contributed by atoms with Crippen molar-refractivity contribution in [2.75, 3.05) is 18.0 Å². The molecule has 6 heteroatoms. The molecule has 5 nitrogen and oxygen atoms in total. The molecule has 1 aromatic carbocycles. The van der Waals surface area contributed by atoms with Crippen LogP contribution in [0.3, 0.4) is 0 Å². The molecule has 1 saturated heterocycles. The maximum Gasteiger partial charge on any atom is 0.238 e. The zero-order valence-electron chi connectivity index (χ0n) is 10.6. The van der Waals surface area contributed by atoms with Gasteiger partial charge in [-0.25, -0.2) is 13.6 Å². The van der Waals surface area contributed by atoms with Crippen molar-refractivity contribution in [1.29, 1.82) is 0 Å². The van der Waals surface area contributed by atoms with Crippen molar-refractivity contribution in [3.63, 3.8) is 0 Å². The Hall–Kier alpha value is -1.11. The van der Waals surface area contributed by atoms with E-state index in [1.165, 1.54) is 12.1 Å². The maximum atomic E-state index is 11.1. The van der Waals surface area contributed by atoms with Crippen molar-refractivity contribution in [3.05, 3.63) is 24.3 Å². The van der Waals surface area contributed by atoms with E-state index < -0.39 is 10.0 Å². The van der Waals surface area contributed by atoms with Crippen molar-refractivity contribution in [2.45, 2.75) is 24.3 Å². The Labute approximate surface area is 108 Å². The van der Waals surface area contributed by atoms with E-state index in [0.29, 0.717) is 5.92 Å². The molecular weight excluding hydrogens is 250 g/mol. The Morgan fingerprint density at radius 2 is 1.72 bits per heavy atom. The lowest BCUT2D eigenvalue weighted by atomic mass is 9.80. The van der Waals surface area contributed by atoms with Gasteiger partial charge in [-0.15, -0.1) is 0 Å². The molecular formula is C12H19N3O2S. The third kappa shape index (κ3) is 2.36. The number of anilines is 1. The summed E-state index contributed by atoms with van der Waals surface area (Å²) in [6.07, 6.45) is 0. The highest BCUT2D eigenvalue weighted by atomic mass is 32.2. The number of benzene rings is 1. The van der Waals surface area contributed by atoms with Gasteiger partial charge < -0.3 is 10.6 Å². The highest BCUT2D eigenvalue weighted by Crippen LogP contribution is 2.31. The van der Waals surface area contributed by atoms with Crippen LogP contribution in [0, 0.1) is 5.92 Å². The summed E-state index contributed by atoms with van der Waals surface area (Å²) in [4.78, 5) is 2.27. The van der Waals surface area contributed by atoms with Gasteiger partial charge in [0.1, 0.15) is 0 Å². The fraction of sp³-hybridized carbons (Fsp3) is 0.500. The minimum Gasteiger partial charge on any atom is -0.368 e. The predicted octanol–water partition coefficient (Wildman–Crippen LogP) is 0.508. The average molecular weight is 269 g/mol. The molecule has 2 rings (SSSR count). The van der Waals surface area contributed by atoms with E-state index in [9.17, 15) is 8.42 Å². The van der Waals surface area contributed by atoms with Gasteiger partial charge in [-0.2, -0.15) is 0 Å². The minimum atomic E-state index is -3.61. The highest BCUT2D eigenvalue weighted by Gasteiger charge is 2.41. The largest absolute Gasteiger partial charge is 0.368 e. The van der Waals surface area contributed by atoms with E-state index in [-0.39, 0.29) is 10.4 Å². The predicted molar refractivity (Wildman–Crippen MR) is 71.8 cm³/mol. The Balaban J connectivity index is 2.10. The summed E-state index contributed by atoms with van der Waals surface area (Å²) < 4.78 is 22.3. The second-order valence-corrected chi connectivity index (χ2v) is 6.84. The van der Waals surface area contributed by atoms with E-state index in [4.69, 9.17) is 10.9 Å². The molecule has 0 spiro atoms. The van der Waals surface area contributed by atoms with Crippen LogP contribution in [-0.4, -0.2) is 27.0 Å². The third-order valence-corrected chi connectivity index (χ3v) is 4.58. The SMILES string of the molecule is CC(C)C1(N)CN(c2ccc(S(N)(=O)=O)cc2)C1. The van der Waals surface area contributed by atoms with E-state index in [1.54, 1.807) is 12.1 Å². The van der Waals surface area contributed by atoms with Gasteiger partial charge >= 0.3 is 0 Å². The fourth-order valence-electron chi connectivity index (χ4n) is 2.06. The van der Waals surface area contributed by atoms with Gasteiger partial charge in [0.25, 0.3) is 0 Å². The fourth-order valence-corrected chi connectivity index (χ4v) is 2.57. The first-order valence-electron chi connectivity index (χ1n) is 5.89. The standard InChI is InChI=1S/C12H19N3O2S/c1-9(2)12(13)7-15(8-12)10-3-5-11(6-4-10)18(14,16)17/h3-6,9H,7-8,13H2,1-2H3,(H2,14,16,17). The Morgan fingerprint density at radius 3 is 2.11 bits per heavy atom. The monoisotopic (exact) mass is 269 g/mol. The van der Waals surface area contributed by atoms with Crippen molar-refractivity contribution < 1.29 is 8.42 Å². The van der Waals surface area contributed by atoms with Crippen molar-refractivity contribution in [2.24, 2.45) is 16.8 Å². The molecule has 18 heavy (non-hydrogen) atoms. The number of hydrogen-bond acceptors (Lipinski definition) is 4. The molecule has 1 fully saturated rings. The van der Waals surface area contributed by atoms with E-state index >= 15 is 0 Å². The van der Waals surface area contributed by atoms with Crippen LogP contribution in [0.2, 0.25) is 0 Å². The zero-order chi connectivity index (χ0) is 13.6. The number of rotatable bonds is 3. The lowest BCUT2D eigenvalue weighted by Gasteiger charge is -2.51. The smallest absolute Gasteiger partial charge is 0.238 e. The molecule has 0 amide bonds. The van der Waals surface area contributed by atoms with Crippen molar-refractivity contribution >= 4 is 15.7 Å². The Kier molecular flexibility index (Phi) is 3.12.